The summed E-state index contributed by atoms with van der Waals surface area (Å²) in [6.45, 7) is 2.12. The molecule has 0 heterocycles. The third-order valence-corrected chi connectivity index (χ3v) is 3.53. The van der Waals surface area contributed by atoms with Crippen molar-refractivity contribution in [2.45, 2.75) is 13.0 Å². The fraction of sp³-hybridized carbons (Fsp3) is 0.294. The van der Waals surface area contributed by atoms with E-state index in [9.17, 15) is 0 Å². The highest BCUT2D eigenvalue weighted by molar-refractivity contribution is 5.51. The van der Waals surface area contributed by atoms with Crippen molar-refractivity contribution >= 4 is 0 Å². The maximum Gasteiger partial charge on any atom is 0.165 e. The number of para-hydroxylation sites is 1. The first kappa shape index (κ1) is 14.4. The van der Waals surface area contributed by atoms with E-state index in [1.165, 1.54) is 11.1 Å². The van der Waals surface area contributed by atoms with Gasteiger partial charge < -0.3 is 14.8 Å². The van der Waals surface area contributed by atoms with Crippen molar-refractivity contribution in [2.75, 3.05) is 21.3 Å². The van der Waals surface area contributed by atoms with Crippen LogP contribution >= 0.6 is 0 Å². The summed E-state index contributed by atoms with van der Waals surface area (Å²) in [4.78, 5) is 0. The second-order valence-electron chi connectivity index (χ2n) is 4.66. The van der Waals surface area contributed by atoms with E-state index in [1.807, 2.05) is 25.2 Å². The van der Waals surface area contributed by atoms with Crippen LogP contribution in [-0.2, 0) is 0 Å². The van der Waals surface area contributed by atoms with Gasteiger partial charge in [0.05, 0.1) is 20.3 Å². The van der Waals surface area contributed by atoms with Gasteiger partial charge >= 0.3 is 0 Å². The summed E-state index contributed by atoms with van der Waals surface area (Å²) in [5.74, 6) is 1.52. The fourth-order valence-corrected chi connectivity index (χ4v) is 2.53. The normalized spacial score (nSPS) is 12.0. The quantitative estimate of drug-likeness (QED) is 0.905. The van der Waals surface area contributed by atoms with Crippen molar-refractivity contribution in [1.82, 2.24) is 5.32 Å². The molecule has 0 fully saturated rings. The lowest BCUT2D eigenvalue weighted by atomic mass is 9.94. The minimum absolute atomic E-state index is 0.0706. The van der Waals surface area contributed by atoms with E-state index in [4.69, 9.17) is 9.47 Å². The predicted octanol–water partition coefficient (Wildman–Crippen LogP) is 3.32. The van der Waals surface area contributed by atoms with Crippen LogP contribution in [0.5, 0.6) is 11.5 Å². The van der Waals surface area contributed by atoms with Gasteiger partial charge in [0.1, 0.15) is 0 Å². The lowest BCUT2D eigenvalue weighted by molar-refractivity contribution is 0.349. The molecular weight excluding hydrogens is 250 g/mol. The molecule has 0 spiro atoms. The predicted molar refractivity (Wildman–Crippen MR) is 81.6 cm³/mol. The van der Waals surface area contributed by atoms with Crippen molar-refractivity contribution < 1.29 is 9.47 Å². The Morgan fingerprint density at radius 3 is 2.20 bits per heavy atom. The third-order valence-electron chi connectivity index (χ3n) is 3.53. The molecule has 1 atom stereocenters. The van der Waals surface area contributed by atoms with Crippen LogP contribution in [0.4, 0.5) is 0 Å². The number of hydrogen-bond acceptors (Lipinski definition) is 3. The molecule has 1 unspecified atom stereocenters. The molecule has 0 radical (unpaired) electrons. The largest absolute Gasteiger partial charge is 0.493 e. The molecule has 2 aromatic rings. The number of benzene rings is 2. The number of hydrogen-bond donors (Lipinski definition) is 1. The zero-order chi connectivity index (χ0) is 14.5. The van der Waals surface area contributed by atoms with E-state index >= 15 is 0 Å². The highest BCUT2D eigenvalue weighted by Gasteiger charge is 2.20. The molecule has 0 saturated carbocycles. The molecule has 0 aliphatic heterocycles. The topological polar surface area (TPSA) is 30.5 Å². The molecule has 20 heavy (non-hydrogen) atoms. The van der Waals surface area contributed by atoms with Crippen molar-refractivity contribution in [3.63, 3.8) is 0 Å². The highest BCUT2D eigenvalue weighted by Crippen LogP contribution is 2.37. The second-order valence-corrected chi connectivity index (χ2v) is 4.66. The maximum atomic E-state index is 5.55. The average molecular weight is 271 g/mol. The molecule has 0 aliphatic rings. The van der Waals surface area contributed by atoms with E-state index in [0.717, 1.165) is 17.1 Å². The lowest BCUT2D eigenvalue weighted by Crippen LogP contribution is -2.19. The Bertz CT molecular complexity index is 581. The van der Waals surface area contributed by atoms with Crippen molar-refractivity contribution in [1.29, 1.82) is 0 Å². The van der Waals surface area contributed by atoms with Crippen LogP contribution in [0.2, 0.25) is 0 Å². The van der Waals surface area contributed by atoms with Gasteiger partial charge in [0.15, 0.2) is 11.5 Å². The highest BCUT2D eigenvalue weighted by atomic mass is 16.5. The van der Waals surface area contributed by atoms with Crippen molar-refractivity contribution in [2.24, 2.45) is 0 Å². The Morgan fingerprint density at radius 1 is 0.900 bits per heavy atom. The standard InChI is InChI=1S/C17H21NO2/c1-12-8-5-6-9-13(12)16(18-2)14-10-7-11-15(19-3)17(14)20-4/h5-11,16,18H,1-4H3. The molecule has 2 rings (SSSR count). The monoisotopic (exact) mass is 271 g/mol. The summed E-state index contributed by atoms with van der Waals surface area (Å²) < 4.78 is 10.9. The first-order valence-electron chi connectivity index (χ1n) is 6.66. The van der Waals surface area contributed by atoms with Gasteiger partial charge in [0, 0.05) is 5.56 Å². The van der Waals surface area contributed by atoms with Gasteiger partial charge in [-0.3, -0.25) is 0 Å². The minimum Gasteiger partial charge on any atom is -0.493 e. The van der Waals surface area contributed by atoms with Gasteiger partial charge in [-0.15, -0.1) is 0 Å². The summed E-state index contributed by atoms with van der Waals surface area (Å²) in [5.41, 5.74) is 3.56. The zero-order valence-electron chi connectivity index (χ0n) is 12.4. The van der Waals surface area contributed by atoms with Gasteiger partial charge in [-0.25, -0.2) is 0 Å². The van der Waals surface area contributed by atoms with Gasteiger partial charge in [-0.2, -0.15) is 0 Å². The van der Waals surface area contributed by atoms with E-state index in [2.05, 4.69) is 36.5 Å². The van der Waals surface area contributed by atoms with Crippen LogP contribution in [0.3, 0.4) is 0 Å². The van der Waals surface area contributed by atoms with Gasteiger partial charge in [0.25, 0.3) is 0 Å². The average Bonchev–Trinajstić information content (AvgIpc) is 2.49. The van der Waals surface area contributed by atoms with E-state index in [0.29, 0.717) is 0 Å². The number of nitrogens with one attached hydrogen (secondary N) is 1. The molecule has 106 valence electrons. The zero-order valence-corrected chi connectivity index (χ0v) is 12.4. The molecule has 0 amide bonds. The van der Waals surface area contributed by atoms with Crippen LogP contribution in [-0.4, -0.2) is 21.3 Å². The fourth-order valence-electron chi connectivity index (χ4n) is 2.53. The molecule has 0 aromatic heterocycles. The summed E-state index contributed by atoms with van der Waals surface area (Å²) in [7, 11) is 5.28. The Kier molecular flexibility index (Phi) is 4.64. The first-order valence-corrected chi connectivity index (χ1v) is 6.66. The van der Waals surface area contributed by atoms with Crippen LogP contribution in [0.15, 0.2) is 42.5 Å². The van der Waals surface area contributed by atoms with Crippen LogP contribution in [0.25, 0.3) is 0 Å². The lowest BCUT2D eigenvalue weighted by Gasteiger charge is -2.22. The molecule has 3 nitrogen and oxygen atoms in total. The SMILES string of the molecule is CNC(c1ccccc1C)c1cccc(OC)c1OC. The van der Waals surface area contributed by atoms with Gasteiger partial charge in [-0.05, 0) is 31.2 Å². The number of ether oxygens (including phenoxy) is 2. The van der Waals surface area contributed by atoms with Crippen molar-refractivity contribution in [3.8, 4) is 11.5 Å². The number of rotatable bonds is 5. The summed E-state index contributed by atoms with van der Waals surface area (Å²) >= 11 is 0. The Balaban J connectivity index is 2.55. The van der Waals surface area contributed by atoms with Gasteiger partial charge in [-0.1, -0.05) is 36.4 Å². The van der Waals surface area contributed by atoms with E-state index in [-0.39, 0.29) is 6.04 Å². The van der Waals surface area contributed by atoms with Crippen molar-refractivity contribution in [3.05, 3.63) is 59.2 Å². The number of methoxy groups -OCH3 is 2. The Hall–Kier alpha value is -2.00. The molecular formula is C17H21NO2. The molecule has 3 heteroatoms. The summed E-state index contributed by atoms with van der Waals surface area (Å²) in [6, 6.07) is 14.4. The molecule has 0 aliphatic carbocycles. The molecule has 0 bridgehead atoms. The molecule has 2 aromatic carbocycles. The number of aryl methyl sites for hydroxylation is 1. The van der Waals surface area contributed by atoms with E-state index in [1.54, 1.807) is 14.2 Å². The minimum atomic E-state index is 0.0706. The third kappa shape index (κ3) is 2.63. The summed E-state index contributed by atoms with van der Waals surface area (Å²) in [6.07, 6.45) is 0. The first-order chi connectivity index (χ1) is 9.72. The smallest absolute Gasteiger partial charge is 0.165 e. The van der Waals surface area contributed by atoms with Crippen LogP contribution in [0, 0.1) is 6.92 Å². The van der Waals surface area contributed by atoms with Crippen LogP contribution < -0.4 is 14.8 Å². The van der Waals surface area contributed by atoms with Crippen LogP contribution in [0.1, 0.15) is 22.7 Å². The summed E-state index contributed by atoms with van der Waals surface area (Å²) in [5, 5.41) is 3.37. The molecule has 0 saturated heterocycles. The Morgan fingerprint density at radius 2 is 1.60 bits per heavy atom. The molecule has 1 N–H and O–H groups in total. The van der Waals surface area contributed by atoms with Gasteiger partial charge in [0.2, 0.25) is 0 Å². The second kappa shape index (κ2) is 6.44. The van der Waals surface area contributed by atoms with E-state index < -0.39 is 0 Å². The maximum absolute atomic E-state index is 5.55. The Labute approximate surface area is 120 Å².